The molecule has 8 heteroatoms. The molecular formula is C25H35N3O5. The second-order valence-electron chi connectivity index (χ2n) is 10.1. The lowest BCUT2D eigenvalue weighted by molar-refractivity contribution is -0.146. The van der Waals surface area contributed by atoms with Gasteiger partial charge in [-0.2, -0.15) is 0 Å². The van der Waals surface area contributed by atoms with Gasteiger partial charge in [-0.25, -0.2) is 0 Å². The molecule has 3 amide bonds. The number of nitrogens with zero attached hydrogens (tertiary/aromatic N) is 1. The number of aliphatic hydroxyl groups is 1. The number of nitrogens with one attached hydrogen (secondary N) is 2. The Labute approximate surface area is 195 Å². The van der Waals surface area contributed by atoms with Crippen LogP contribution in [0.1, 0.15) is 44.7 Å². The fourth-order valence-corrected chi connectivity index (χ4v) is 6.22. The van der Waals surface area contributed by atoms with Crippen molar-refractivity contribution < 1.29 is 24.2 Å². The number of aryl methyl sites for hydroxylation is 2. The second-order valence-corrected chi connectivity index (χ2v) is 10.1. The lowest BCUT2D eigenvalue weighted by Crippen LogP contribution is -2.54. The summed E-state index contributed by atoms with van der Waals surface area (Å²) in [5.41, 5.74) is 0.668. The van der Waals surface area contributed by atoms with Gasteiger partial charge in [-0.1, -0.05) is 26.0 Å². The standard InChI is InChI=1S/C25H35N3O5/c1-6-9-26-21(30)18-19-23(32)28(10-11-29)20(25(19)13-16(4)24(18,5)33-25)22(31)27-17-12-14(2)7-8-15(17)3/h7-8,12,16,18-20,29H,6,9-11,13H2,1-5H3,(H,26,30)(H,27,31)/t16?,18-,19+,20?,24+,25?/m1/s1. The van der Waals surface area contributed by atoms with E-state index in [0.29, 0.717) is 18.7 Å². The van der Waals surface area contributed by atoms with Crippen molar-refractivity contribution in [2.75, 3.05) is 25.0 Å². The molecule has 8 nitrogen and oxygen atoms in total. The minimum absolute atomic E-state index is 0.0102. The zero-order chi connectivity index (χ0) is 24.1. The number of carbonyl (C=O) groups is 3. The van der Waals surface area contributed by atoms with Crippen molar-refractivity contribution in [2.45, 2.75) is 64.7 Å². The molecule has 180 valence electrons. The third-order valence-electron chi connectivity index (χ3n) is 7.89. The first kappa shape index (κ1) is 23.7. The third-order valence-corrected chi connectivity index (χ3v) is 7.89. The molecule has 3 N–H and O–H groups in total. The SMILES string of the molecule is CCCNC(=O)[C@H]1[C@H]2C(=O)N(CCO)C(C(=O)Nc3cc(C)ccc3C)C23CC(C)[C@]1(C)O3. The van der Waals surface area contributed by atoms with E-state index in [1.165, 1.54) is 4.90 Å². The Morgan fingerprint density at radius 3 is 2.67 bits per heavy atom. The number of benzene rings is 1. The minimum atomic E-state index is -1.10. The molecule has 1 aromatic carbocycles. The quantitative estimate of drug-likeness (QED) is 0.578. The van der Waals surface area contributed by atoms with Gasteiger partial charge < -0.3 is 25.4 Å². The Bertz CT molecular complexity index is 981. The van der Waals surface area contributed by atoms with E-state index in [9.17, 15) is 19.5 Å². The molecule has 6 atom stereocenters. The van der Waals surface area contributed by atoms with E-state index >= 15 is 0 Å². The molecule has 0 saturated carbocycles. The summed E-state index contributed by atoms with van der Waals surface area (Å²) in [4.78, 5) is 42.0. The zero-order valence-electron chi connectivity index (χ0n) is 20.1. The molecular weight excluding hydrogens is 422 g/mol. The van der Waals surface area contributed by atoms with Gasteiger partial charge in [0.2, 0.25) is 17.7 Å². The summed E-state index contributed by atoms with van der Waals surface area (Å²) in [5, 5.41) is 15.6. The number of amides is 3. The van der Waals surface area contributed by atoms with E-state index in [2.05, 4.69) is 10.6 Å². The molecule has 1 aromatic rings. The van der Waals surface area contributed by atoms with Crippen molar-refractivity contribution in [1.82, 2.24) is 10.2 Å². The predicted molar refractivity (Wildman–Crippen MR) is 123 cm³/mol. The largest absolute Gasteiger partial charge is 0.395 e. The summed E-state index contributed by atoms with van der Waals surface area (Å²) >= 11 is 0. The summed E-state index contributed by atoms with van der Waals surface area (Å²) in [6.07, 6.45) is 1.29. The highest BCUT2D eigenvalue weighted by Gasteiger charge is 2.79. The van der Waals surface area contributed by atoms with Crippen LogP contribution >= 0.6 is 0 Å². The van der Waals surface area contributed by atoms with Gasteiger partial charge in [0.05, 0.1) is 24.0 Å². The van der Waals surface area contributed by atoms with E-state index < -0.39 is 29.1 Å². The van der Waals surface area contributed by atoms with Gasteiger partial charge in [0.25, 0.3) is 0 Å². The number of hydrogen-bond acceptors (Lipinski definition) is 5. The molecule has 0 aromatic heterocycles. The van der Waals surface area contributed by atoms with E-state index in [4.69, 9.17) is 4.74 Å². The first-order valence-electron chi connectivity index (χ1n) is 11.9. The van der Waals surface area contributed by atoms with Crippen molar-refractivity contribution >= 4 is 23.4 Å². The number of fused-ring (bicyclic) bond motifs is 1. The van der Waals surface area contributed by atoms with Crippen molar-refractivity contribution in [3.05, 3.63) is 29.3 Å². The van der Waals surface area contributed by atoms with Gasteiger partial charge in [0.15, 0.2) is 0 Å². The highest BCUT2D eigenvalue weighted by molar-refractivity contribution is 6.04. The van der Waals surface area contributed by atoms with Crippen LogP contribution in [0.25, 0.3) is 0 Å². The van der Waals surface area contributed by atoms with Gasteiger partial charge in [-0.05, 0) is 56.7 Å². The molecule has 3 unspecified atom stereocenters. The maximum atomic E-state index is 13.7. The van der Waals surface area contributed by atoms with Crippen LogP contribution in [-0.4, -0.2) is 64.7 Å². The van der Waals surface area contributed by atoms with Crippen LogP contribution in [0, 0.1) is 31.6 Å². The molecule has 0 radical (unpaired) electrons. The first-order valence-corrected chi connectivity index (χ1v) is 11.9. The highest BCUT2D eigenvalue weighted by Crippen LogP contribution is 2.65. The summed E-state index contributed by atoms with van der Waals surface area (Å²) in [7, 11) is 0. The number of carbonyl (C=O) groups excluding carboxylic acids is 3. The molecule has 3 saturated heterocycles. The Hall–Kier alpha value is -2.45. The average molecular weight is 458 g/mol. The summed E-state index contributed by atoms with van der Waals surface area (Å²) in [6.45, 7) is 10.0. The molecule has 3 fully saturated rings. The maximum absolute atomic E-state index is 13.7. The smallest absolute Gasteiger partial charge is 0.250 e. The Morgan fingerprint density at radius 1 is 1.27 bits per heavy atom. The van der Waals surface area contributed by atoms with Crippen LogP contribution in [-0.2, 0) is 19.1 Å². The molecule has 4 rings (SSSR count). The highest BCUT2D eigenvalue weighted by atomic mass is 16.5. The van der Waals surface area contributed by atoms with Gasteiger partial charge in [0.1, 0.15) is 11.6 Å². The average Bonchev–Trinajstić information content (AvgIpc) is 3.26. The fourth-order valence-electron chi connectivity index (χ4n) is 6.22. The predicted octanol–water partition coefficient (Wildman–Crippen LogP) is 1.77. The fraction of sp³-hybridized carbons (Fsp3) is 0.640. The number of rotatable bonds is 7. The van der Waals surface area contributed by atoms with Crippen LogP contribution in [0.15, 0.2) is 18.2 Å². The number of β-amino-alcohol motifs (C(OH)–C–C–N with tert-alkyl or cyclic N) is 1. The van der Waals surface area contributed by atoms with Crippen LogP contribution in [0.5, 0.6) is 0 Å². The van der Waals surface area contributed by atoms with Gasteiger partial charge >= 0.3 is 0 Å². The number of anilines is 1. The lowest BCUT2D eigenvalue weighted by Gasteiger charge is -2.36. The van der Waals surface area contributed by atoms with Crippen LogP contribution in [0.3, 0.4) is 0 Å². The Morgan fingerprint density at radius 2 is 2.00 bits per heavy atom. The zero-order valence-corrected chi connectivity index (χ0v) is 20.1. The van der Waals surface area contributed by atoms with Crippen molar-refractivity contribution in [2.24, 2.45) is 17.8 Å². The summed E-state index contributed by atoms with van der Waals surface area (Å²) in [6, 6.07) is 4.88. The first-order chi connectivity index (χ1) is 15.6. The molecule has 3 aliphatic heterocycles. The number of hydrogen-bond donors (Lipinski definition) is 3. The van der Waals surface area contributed by atoms with Crippen LogP contribution < -0.4 is 10.6 Å². The van der Waals surface area contributed by atoms with Gasteiger partial charge in [-0.15, -0.1) is 0 Å². The van der Waals surface area contributed by atoms with Crippen LogP contribution in [0.4, 0.5) is 5.69 Å². The second kappa shape index (κ2) is 8.40. The number of likely N-dealkylation sites (tertiary alicyclic amines) is 1. The van der Waals surface area contributed by atoms with Gasteiger partial charge in [-0.3, -0.25) is 14.4 Å². The molecule has 3 aliphatic rings. The summed E-state index contributed by atoms with van der Waals surface area (Å²) < 4.78 is 6.60. The summed E-state index contributed by atoms with van der Waals surface area (Å²) in [5.74, 6) is -2.29. The topological polar surface area (TPSA) is 108 Å². The molecule has 1 spiro atoms. The number of aliphatic hydroxyl groups excluding tert-OH is 1. The Balaban J connectivity index is 1.74. The molecule has 33 heavy (non-hydrogen) atoms. The molecule has 2 bridgehead atoms. The minimum Gasteiger partial charge on any atom is -0.395 e. The van der Waals surface area contributed by atoms with Crippen LogP contribution in [0.2, 0.25) is 0 Å². The molecule has 3 heterocycles. The molecule has 0 aliphatic carbocycles. The van der Waals surface area contributed by atoms with Crippen molar-refractivity contribution in [3.8, 4) is 0 Å². The van der Waals surface area contributed by atoms with E-state index in [1.807, 2.05) is 52.8 Å². The normalized spacial score (nSPS) is 34.5. The van der Waals surface area contributed by atoms with E-state index in [1.54, 1.807) is 0 Å². The third kappa shape index (κ3) is 3.46. The van der Waals surface area contributed by atoms with E-state index in [-0.39, 0.29) is 36.8 Å². The van der Waals surface area contributed by atoms with Gasteiger partial charge in [0, 0.05) is 18.8 Å². The van der Waals surface area contributed by atoms with Crippen molar-refractivity contribution in [3.63, 3.8) is 0 Å². The lowest BCUT2D eigenvalue weighted by atomic mass is 9.62. The Kier molecular flexibility index (Phi) is 6.03. The van der Waals surface area contributed by atoms with E-state index in [0.717, 1.165) is 17.5 Å². The van der Waals surface area contributed by atoms with Crippen molar-refractivity contribution in [1.29, 1.82) is 0 Å². The monoisotopic (exact) mass is 457 g/mol. The maximum Gasteiger partial charge on any atom is 0.250 e. The number of ether oxygens (including phenoxy) is 1.